The highest BCUT2D eigenvalue weighted by molar-refractivity contribution is 5.59. The molecule has 76 valence electrons. The van der Waals surface area contributed by atoms with Crippen LogP contribution in [0.2, 0.25) is 0 Å². The Hall–Kier alpha value is -1.77. The van der Waals surface area contributed by atoms with Gasteiger partial charge in [-0.15, -0.1) is 0 Å². The van der Waals surface area contributed by atoms with E-state index < -0.39 is 5.95 Å². The molecule has 0 fully saturated rings. The normalized spacial score (nSPS) is 10.3. The smallest absolute Gasteiger partial charge is 0.216 e. The van der Waals surface area contributed by atoms with E-state index in [9.17, 15) is 4.39 Å². The number of nitrogens with zero attached hydrogens (tertiary/aromatic N) is 2. The number of aromatic nitrogens is 2. The van der Waals surface area contributed by atoms with Crippen LogP contribution in [0, 0.1) is 19.8 Å². The molecule has 2 nitrogen and oxygen atoms in total. The molecule has 0 bridgehead atoms. The zero-order valence-corrected chi connectivity index (χ0v) is 8.66. The van der Waals surface area contributed by atoms with E-state index >= 15 is 0 Å². The van der Waals surface area contributed by atoms with E-state index in [4.69, 9.17) is 0 Å². The highest BCUT2D eigenvalue weighted by Gasteiger charge is 2.03. The third kappa shape index (κ3) is 2.18. The summed E-state index contributed by atoms with van der Waals surface area (Å²) in [6, 6.07) is 9.16. The summed E-state index contributed by atoms with van der Waals surface area (Å²) in [6.07, 6.45) is 0. The minimum atomic E-state index is -0.487. The second-order valence-corrected chi connectivity index (χ2v) is 3.49. The Balaban J connectivity index is 2.54. The summed E-state index contributed by atoms with van der Waals surface area (Å²) in [4.78, 5) is 7.80. The molecular formula is C12H11FN2. The van der Waals surface area contributed by atoms with Crippen molar-refractivity contribution in [2.24, 2.45) is 0 Å². The maximum absolute atomic E-state index is 13.1. The Morgan fingerprint density at radius 2 is 1.87 bits per heavy atom. The SMILES string of the molecule is Cc1cccc(-c2cc(F)nc(C)n2)c1. The van der Waals surface area contributed by atoms with Crippen LogP contribution in [0.5, 0.6) is 0 Å². The van der Waals surface area contributed by atoms with Gasteiger partial charge >= 0.3 is 0 Å². The predicted octanol–water partition coefficient (Wildman–Crippen LogP) is 2.90. The molecule has 0 saturated carbocycles. The van der Waals surface area contributed by atoms with Gasteiger partial charge in [-0.25, -0.2) is 9.97 Å². The molecule has 1 aromatic carbocycles. The van der Waals surface area contributed by atoms with Gasteiger partial charge in [0.05, 0.1) is 5.69 Å². The average Bonchev–Trinajstić information content (AvgIpc) is 2.16. The van der Waals surface area contributed by atoms with Crippen LogP contribution in [0.1, 0.15) is 11.4 Å². The van der Waals surface area contributed by atoms with Crippen LogP contribution in [0.25, 0.3) is 11.3 Å². The highest BCUT2D eigenvalue weighted by atomic mass is 19.1. The zero-order valence-electron chi connectivity index (χ0n) is 8.66. The molecule has 3 heteroatoms. The number of benzene rings is 1. The van der Waals surface area contributed by atoms with Crippen molar-refractivity contribution in [3.63, 3.8) is 0 Å². The summed E-state index contributed by atoms with van der Waals surface area (Å²) in [5, 5.41) is 0. The molecule has 15 heavy (non-hydrogen) atoms. The number of hydrogen-bond acceptors (Lipinski definition) is 2. The Bertz CT molecular complexity index is 474. The summed E-state index contributed by atoms with van der Waals surface area (Å²) in [7, 11) is 0. The van der Waals surface area contributed by atoms with Crippen LogP contribution >= 0.6 is 0 Å². The Labute approximate surface area is 87.8 Å². The highest BCUT2D eigenvalue weighted by Crippen LogP contribution is 2.18. The van der Waals surface area contributed by atoms with Gasteiger partial charge < -0.3 is 0 Å². The molecule has 0 spiro atoms. The van der Waals surface area contributed by atoms with E-state index in [2.05, 4.69) is 9.97 Å². The van der Waals surface area contributed by atoms with Crippen molar-refractivity contribution in [1.82, 2.24) is 9.97 Å². The molecule has 1 aromatic heterocycles. The minimum Gasteiger partial charge on any atom is -0.233 e. The maximum atomic E-state index is 13.1. The summed E-state index contributed by atoms with van der Waals surface area (Å²) < 4.78 is 13.1. The van der Waals surface area contributed by atoms with Gasteiger partial charge in [-0.1, -0.05) is 23.8 Å². The maximum Gasteiger partial charge on any atom is 0.216 e. The molecule has 0 radical (unpaired) electrons. The first-order valence-corrected chi connectivity index (χ1v) is 4.73. The standard InChI is InChI=1S/C12H11FN2/c1-8-4-3-5-10(6-8)11-7-12(13)15-9(2)14-11/h3-7H,1-2H3. The monoisotopic (exact) mass is 202 g/mol. The van der Waals surface area contributed by atoms with Gasteiger partial charge in [-0.3, -0.25) is 0 Å². The third-order valence-corrected chi connectivity index (χ3v) is 2.12. The van der Waals surface area contributed by atoms with Crippen LogP contribution in [0.4, 0.5) is 4.39 Å². The van der Waals surface area contributed by atoms with Gasteiger partial charge in [0.15, 0.2) is 0 Å². The van der Waals surface area contributed by atoms with Gasteiger partial charge in [0.2, 0.25) is 5.95 Å². The zero-order chi connectivity index (χ0) is 10.8. The van der Waals surface area contributed by atoms with Crippen molar-refractivity contribution in [2.45, 2.75) is 13.8 Å². The van der Waals surface area contributed by atoms with Gasteiger partial charge in [0, 0.05) is 11.6 Å². The summed E-state index contributed by atoms with van der Waals surface area (Å²) in [5.74, 6) is -0.0366. The molecule has 0 saturated heterocycles. The minimum absolute atomic E-state index is 0.450. The lowest BCUT2D eigenvalue weighted by Gasteiger charge is -2.02. The molecule has 2 aromatic rings. The molecule has 1 heterocycles. The molecule has 0 atom stereocenters. The largest absolute Gasteiger partial charge is 0.233 e. The summed E-state index contributed by atoms with van der Waals surface area (Å²) in [6.45, 7) is 3.68. The number of rotatable bonds is 1. The fourth-order valence-corrected chi connectivity index (χ4v) is 1.48. The van der Waals surface area contributed by atoms with E-state index in [0.717, 1.165) is 11.1 Å². The van der Waals surface area contributed by atoms with E-state index in [1.54, 1.807) is 6.92 Å². The first kappa shape index (κ1) is 9.77. The summed E-state index contributed by atoms with van der Waals surface area (Å²) >= 11 is 0. The van der Waals surface area contributed by atoms with Crippen molar-refractivity contribution in [3.05, 3.63) is 47.7 Å². The van der Waals surface area contributed by atoms with E-state index in [1.807, 2.05) is 31.2 Å². The van der Waals surface area contributed by atoms with Crippen LogP contribution in [0.3, 0.4) is 0 Å². The van der Waals surface area contributed by atoms with Crippen molar-refractivity contribution >= 4 is 0 Å². The average molecular weight is 202 g/mol. The fourth-order valence-electron chi connectivity index (χ4n) is 1.48. The number of hydrogen-bond donors (Lipinski definition) is 0. The Kier molecular flexibility index (Phi) is 2.46. The van der Waals surface area contributed by atoms with E-state index in [-0.39, 0.29) is 0 Å². The topological polar surface area (TPSA) is 25.8 Å². The van der Waals surface area contributed by atoms with Gasteiger partial charge in [-0.2, -0.15) is 4.39 Å². The molecule has 0 amide bonds. The molecular weight excluding hydrogens is 191 g/mol. The first-order chi connectivity index (χ1) is 7.15. The van der Waals surface area contributed by atoms with Crippen molar-refractivity contribution in [1.29, 1.82) is 0 Å². The van der Waals surface area contributed by atoms with Crippen molar-refractivity contribution in [3.8, 4) is 11.3 Å². The lowest BCUT2D eigenvalue weighted by Crippen LogP contribution is -1.94. The fraction of sp³-hybridized carbons (Fsp3) is 0.167. The van der Waals surface area contributed by atoms with Gasteiger partial charge in [-0.05, 0) is 19.9 Å². The van der Waals surface area contributed by atoms with Crippen molar-refractivity contribution < 1.29 is 4.39 Å². The van der Waals surface area contributed by atoms with Crippen LogP contribution in [-0.4, -0.2) is 9.97 Å². The first-order valence-electron chi connectivity index (χ1n) is 4.73. The second-order valence-electron chi connectivity index (χ2n) is 3.49. The van der Waals surface area contributed by atoms with Crippen LogP contribution in [-0.2, 0) is 0 Å². The molecule has 0 aliphatic rings. The molecule has 2 rings (SSSR count). The Morgan fingerprint density at radius 3 is 2.53 bits per heavy atom. The van der Waals surface area contributed by atoms with Crippen molar-refractivity contribution in [2.75, 3.05) is 0 Å². The lowest BCUT2D eigenvalue weighted by atomic mass is 10.1. The quantitative estimate of drug-likeness (QED) is 0.664. The van der Waals surface area contributed by atoms with Gasteiger partial charge in [0.1, 0.15) is 5.82 Å². The lowest BCUT2D eigenvalue weighted by molar-refractivity contribution is 0.575. The number of halogens is 1. The molecule has 0 unspecified atom stereocenters. The Morgan fingerprint density at radius 1 is 1.07 bits per heavy atom. The number of aryl methyl sites for hydroxylation is 2. The van der Waals surface area contributed by atoms with E-state index in [0.29, 0.717) is 11.5 Å². The molecule has 0 N–H and O–H groups in total. The summed E-state index contributed by atoms with van der Waals surface area (Å²) in [5.41, 5.74) is 2.67. The van der Waals surface area contributed by atoms with E-state index in [1.165, 1.54) is 6.07 Å². The second kappa shape index (κ2) is 3.77. The van der Waals surface area contributed by atoms with Crippen LogP contribution in [0.15, 0.2) is 30.3 Å². The molecule has 0 aliphatic heterocycles. The van der Waals surface area contributed by atoms with Gasteiger partial charge in [0.25, 0.3) is 0 Å². The van der Waals surface area contributed by atoms with Crippen LogP contribution < -0.4 is 0 Å². The molecule has 0 aliphatic carbocycles. The third-order valence-electron chi connectivity index (χ3n) is 2.12. The predicted molar refractivity (Wildman–Crippen MR) is 56.9 cm³/mol.